The molecule has 0 saturated carbocycles. The van der Waals surface area contributed by atoms with E-state index < -0.39 is 37.8 Å². The van der Waals surface area contributed by atoms with Gasteiger partial charge in [-0.3, -0.25) is 0 Å². The molecule has 94 valence electrons. The van der Waals surface area contributed by atoms with Crippen LogP contribution in [0.15, 0.2) is 0 Å². The summed E-state index contributed by atoms with van der Waals surface area (Å²) in [4.78, 5) is 33.5. The number of nitrogens with zero attached hydrogens (tertiary/aromatic N) is 1. The molecule has 0 amide bonds. The Morgan fingerprint density at radius 2 is 1.81 bits per heavy atom. The van der Waals surface area contributed by atoms with Crippen molar-refractivity contribution in [2.75, 3.05) is 26.5 Å². The molecule has 0 N–H and O–H groups in total. The van der Waals surface area contributed by atoms with E-state index >= 15 is 0 Å². The lowest BCUT2D eigenvalue weighted by atomic mass is 10.1. The zero-order valence-corrected chi connectivity index (χ0v) is 9.94. The molecular formula is C8H13NO6P-3. The second kappa shape index (κ2) is 5.98. The van der Waals surface area contributed by atoms with Crippen molar-refractivity contribution in [3.8, 4) is 0 Å². The molecule has 0 aromatic heterocycles. The third-order valence-electron chi connectivity index (χ3n) is 1.74. The van der Waals surface area contributed by atoms with Crippen LogP contribution in [0.5, 0.6) is 0 Å². The van der Waals surface area contributed by atoms with E-state index in [9.17, 15) is 29.3 Å². The Labute approximate surface area is 93.1 Å². The van der Waals surface area contributed by atoms with Crippen molar-refractivity contribution in [2.45, 2.75) is 6.42 Å². The second-order valence-electron chi connectivity index (χ2n) is 3.81. The van der Waals surface area contributed by atoms with Crippen LogP contribution in [0.1, 0.15) is 6.42 Å². The van der Waals surface area contributed by atoms with E-state index in [4.69, 9.17) is 0 Å². The van der Waals surface area contributed by atoms with Crippen molar-refractivity contribution in [1.29, 1.82) is 0 Å². The van der Waals surface area contributed by atoms with E-state index in [1.165, 1.54) is 19.0 Å². The second-order valence-corrected chi connectivity index (χ2v) is 6.09. The molecule has 0 heterocycles. The SMILES string of the molecule is CN(C)CP(=O)([O-])CC(CC(=O)[O-])C(=O)[O-]. The van der Waals surface area contributed by atoms with Gasteiger partial charge in [-0.2, -0.15) is 0 Å². The van der Waals surface area contributed by atoms with Crippen LogP contribution in [-0.2, 0) is 14.2 Å². The van der Waals surface area contributed by atoms with E-state index in [-0.39, 0.29) is 6.29 Å². The van der Waals surface area contributed by atoms with Crippen molar-refractivity contribution in [3.63, 3.8) is 0 Å². The number of carboxylic acid groups (broad SMARTS) is 2. The van der Waals surface area contributed by atoms with Gasteiger partial charge in [0, 0.05) is 31.5 Å². The first-order valence-electron chi connectivity index (χ1n) is 4.48. The van der Waals surface area contributed by atoms with Crippen LogP contribution in [0, 0.1) is 5.92 Å². The van der Waals surface area contributed by atoms with Gasteiger partial charge in [0.25, 0.3) is 0 Å². The number of carboxylic acids is 2. The molecule has 0 spiro atoms. The van der Waals surface area contributed by atoms with Crippen molar-refractivity contribution in [3.05, 3.63) is 0 Å². The average molecular weight is 250 g/mol. The van der Waals surface area contributed by atoms with E-state index in [1.807, 2.05) is 0 Å². The maximum atomic E-state index is 11.4. The van der Waals surface area contributed by atoms with Gasteiger partial charge >= 0.3 is 0 Å². The Kier molecular flexibility index (Phi) is 5.64. The Hall–Kier alpha value is -0.910. The van der Waals surface area contributed by atoms with Crippen LogP contribution in [0.3, 0.4) is 0 Å². The van der Waals surface area contributed by atoms with Crippen LogP contribution >= 0.6 is 7.37 Å². The lowest BCUT2D eigenvalue weighted by Gasteiger charge is -2.31. The first-order valence-corrected chi connectivity index (χ1v) is 6.48. The lowest BCUT2D eigenvalue weighted by Crippen LogP contribution is -2.39. The third kappa shape index (κ3) is 6.55. The Morgan fingerprint density at radius 3 is 2.12 bits per heavy atom. The Balaban J connectivity index is 4.56. The summed E-state index contributed by atoms with van der Waals surface area (Å²) in [7, 11) is -0.928. The van der Waals surface area contributed by atoms with Gasteiger partial charge in [-0.05, 0) is 26.7 Å². The Bertz CT molecular complexity index is 316. The molecule has 0 fully saturated rings. The summed E-state index contributed by atoms with van der Waals surface area (Å²) in [5.74, 6) is -4.87. The summed E-state index contributed by atoms with van der Waals surface area (Å²) in [6.45, 7) is 0. The predicted molar refractivity (Wildman–Crippen MR) is 49.1 cm³/mol. The number of rotatable bonds is 7. The predicted octanol–water partition coefficient (Wildman–Crippen LogP) is -3.35. The molecule has 7 nitrogen and oxygen atoms in total. The lowest BCUT2D eigenvalue weighted by molar-refractivity contribution is -0.320. The van der Waals surface area contributed by atoms with E-state index in [1.54, 1.807) is 0 Å². The minimum Gasteiger partial charge on any atom is -0.798 e. The number of carbonyl (C=O) groups excluding carboxylic acids is 2. The maximum absolute atomic E-state index is 11.4. The van der Waals surface area contributed by atoms with Crippen molar-refractivity contribution in [2.24, 2.45) is 5.92 Å². The van der Waals surface area contributed by atoms with Crippen molar-refractivity contribution in [1.82, 2.24) is 4.90 Å². The Morgan fingerprint density at radius 1 is 1.31 bits per heavy atom. The fraction of sp³-hybridized carbons (Fsp3) is 0.750. The summed E-state index contributed by atoms with van der Waals surface area (Å²) < 4.78 is 11.4. The normalized spacial score (nSPS) is 16.8. The van der Waals surface area contributed by atoms with Gasteiger partial charge < -0.3 is 34.2 Å². The van der Waals surface area contributed by atoms with Gasteiger partial charge in [0.1, 0.15) is 0 Å². The standard InChI is InChI=1S/C8H16NO6P/c1-9(2)5-16(14,15)4-6(8(12)13)3-7(10)11/h6H,3-5H2,1-2H3,(H,10,11)(H,12,13)(H,14,15)/p-3. The topological polar surface area (TPSA) is 124 Å². The summed E-state index contributed by atoms with van der Waals surface area (Å²) in [5.41, 5.74) is 0. The molecule has 0 aromatic carbocycles. The van der Waals surface area contributed by atoms with Crippen LogP contribution in [0.25, 0.3) is 0 Å². The van der Waals surface area contributed by atoms with Crippen LogP contribution in [-0.4, -0.2) is 43.4 Å². The number of carbonyl (C=O) groups is 2. The van der Waals surface area contributed by atoms with Gasteiger partial charge in [-0.25, -0.2) is 0 Å². The molecule has 0 aliphatic heterocycles. The summed E-state index contributed by atoms with van der Waals surface area (Å²) >= 11 is 0. The van der Waals surface area contributed by atoms with Crippen LogP contribution in [0.2, 0.25) is 0 Å². The summed E-state index contributed by atoms with van der Waals surface area (Å²) in [5, 5.41) is 20.7. The van der Waals surface area contributed by atoms with Gasteiger partial charge in [0.15, 0.2) is 0 Å². The van der Waals surface area contributed by atoms with E-state index in [2.05, 4.69) is 0 Å². The van der Waals surface area contributed by atoms with Crippen molar-refractivity contribution < 1.29 is 29.3 Å². The fourth-order valence-corrected chi connectivity index (χ4v) is 3.18. The van der Waals surface area contributed by atoms with Gasteiger partial charge in [0.05, 0.1) is 0 Å². The smallest absolute Gasteiger partial charge is 0.0453 e. The molecule has 0 rings (SSSR count). The average Bonchev–Trinajstić information content (AvgIpc) is 1.98. The van der Waals surface area contributed by atoms with Gasteiger partial charge in [-0.1, -0.05) is 0 Å². The molecule has 8 heteroatoms. The molecule has 16 heavy (non-hydrogen) atoms. The summed E-state index contributed by atoms with van der Waals surface area (Å²) in [6.07, 6.45) is -1.91. The van der Waals surface area contributed by atoms with Gasteiger partial charge in [-0.15, -0.1) is 0 Å². The van der Waals surface area contributed by atoms with E-state index in [0.717, 1.165) is 0 Å². The first kappa shape index (κ1) is 15.1. The number of hydrogen-bond donors (Lipinski definition) is 0. The molecular weight excluding hydrogens is 237 g/mol. The molecule has 0 radical (unpaired) electrons. The number of aliphatic carboxylic acids is 2. The molecule has 2 atom stereocenters. The monoisotopic (exact) mass is 250 g/mol. The van der Waals surface area contributed by atoms with Crippen molar-refractivity contribution >= 4 is 19.3 Å². The summed E-state index contributed by atoms with van der Waals surface area (Å²) in [6, 6.07) is 0. The third-order valence-corrected chi connectivity index (χ3v) is 3.74. The fourth-order valence-electron chi connectivity index (χ4n) is 1.25. The molecule has 0 saturated heterocycles. The minimum absolute atomic E-state index is 0.316. The molecule has 0 aliphatic rings. The highest BCUT2D eigenvalue weighted by atomic mass is 31.2. The highest BCUT2D eigenvalue weighted by Gasteiger charge is 2.18. The highest BCUT2D eigenvalue weighted by Crippen LogP contribution is 2.38. The maximum Gasteiger partial charge on any atom is 0.0453 e. The van der Waals surface area contributed by atoms with Crippen LogP contribution in [0.4, 0.5) is 0 Å². The molecule has 0 bridgehead atoms. The number of hydrogen-bond acceptors (Lipinski definition) is 7. The molecule has 0 aromatic rings. The molecule has 2 unspecified atom stereocenters. The largest absolute Gasteiger partial charge is 0.798 e. The minimum atomic E-state index is -3.95. The first-order chi connectivity index (χ1) is 7.14. The highest BCUT2D eigenvalue weighted by molar-refractivity contribution is 7.56. The molecule has 0 aliphatic carbocycles. The van der Waals surface area contributed by atoms with Gasteiger partial charge in [0.2, 0.25) is 0 Å². The zero-order chi connectivity index (χ0) is 12.9. The zero-order valence-electron chi connectivity index (χ0n) is 9.04. The van der Waals surface area contributed by atoms with Crippen LogP contribution < -0.4 is 15.1 Å². The van der Waals surface area contributed by atoms with E-state index in [0.29, 0.717) is 0 Å². The quantitative estimate of drug-likeness (QED) is 0.432.